The van der Waals surface area contributed by atoms with Crippen LogP contribution in [0.2, 0.25) is 5.02 Å². The van der Waals surface area contributed by atoms with Crippen molar-refractivity contribution >= 4 is 27.5 Å². The molecule has 1 N–H and O–H groups in total. The Balaban J connectivity index is 1.80. The number of ether oxygens (including phenoxy) is 1. The quantitative estimate of drug-likeness (QED) is 0.699. The third kappa shape index (κ3) is 5.19. The van der Waals surface area contributed by atoms with Gasteiger partial charge in [0, 0.05) is 33.7 Å². The van der Waals surface area contributed by atoms with E-state index in [4.69, 9.17) is 16.3 Å². The Kier molecular flexibility index (Phi) is 7.49. The van der Waals surface area contributed by atoms with Crippen LogP contribution in [0.3, 0.4) is 0 Å². The minimum atomic E-state index is -3.67. The monoisotopic (exact) mass is 451 g/mol. The van der Waals surface area contributed by atoms with Crippen molar-refractivity contribution in [2.45, 2.75) is 10.9 Å². The molecule has 7 nitrogen and oxygen atoms in total. The average molecular weight is 452 g/mol. The maximum absolute atomic E-state index is 12.9. The molecule has 1 fully saturated rings. The first-order chi connectivity index (χ1) is 14.3. The maximum Gasteiger partial charge on any atom is 0.252 e. The zero-order valence-corrected chi connectivity index (χ0v) is 18.6. The molecular weight excluding hydrogens is 426 g/mol. The highest BCUT2D eigenvalue weighted by molar-refractivity contribution is 7.89. The molecule has 0 radical (unpaired) electrons. The number of rotatable bonds is 7. The lowest BCUT2D eigenvalue weighted by Gasteiger charge is -2.35. The molecule has 1 saturated heterocycles. The van der Waals surface area contributed by atoms with Gasteiger partial charge in [-0.3, -0.25) is 9.69 Å². The number of carbonyl (C=O) groups excluding carboxylic acids is 1. The Hall–Kier alpha value is -1.97. The predicted molar refractivity (Wildman–Crippen MR) is 116 cm³/mol. The van der Waals surface area contributed by atoms with Crippen LogP contribution in [-0.4, -0.2) is 70.5 Å². The molecule has 1 atom stereocenters. The van der Waals surface area contributed by atoms with Crippen LogP contribution in [0, 0.1) is 0 Å². The Morgan fingerprint density at radius 1 is 1.17 bits per heavy atom. The lowest BCUT2D eigenvalue weighted by Crippen LogP contribution is -2.43. The Morgan fingerprint density at radius 3 is 2.47 bits per heavy atom. The highest BCUT2D eigenvalue weighted by Gasteiger charge is 2.25. The summed E-state index contributed by atoms with van der Waals surface area (Å²) in [6.07, 6.45) is 0. The fourth-order valence-corrected chi connectivity index (χ4v) is 4.49. The van der Waals surface area contributed by atoms with Crippen molar-refractivity contribution < 1.29 is 17.9 Å². The highest BCUT2D eigenvalue weighted by atomic mass is 35.5. The van der Waals surface area contributed by atoms with Crippen molar-refractivity contribution in [3.63, 3.8) is 0 Å². The summed E-state index contributed by atoms with van der Waals surface area (Å²) < 4.78 is 31.4. The maximum atomic E-state index is 12.9. The summed E-state index contributed by atoms with van der Waals surface area (Å²) in [7, 11) is -0.787. The minimum Gasteiger partial charge on any atom is -0.379 e. The SMILES string of the molecule is CN(C)S(=O)(=O)c1ccc(Cl)c(C(=O)NCC(c2ccccc2)N2CCOCC2)c1. The molecule has 9 heteroatoms. The molecule has 0 saturated carbocycles. The van der Waals surface area contributed by atoms with Crippen molar-refractivity contribution in [3.05, 3.63) is 64.7 Å². The van der Waals surface area contributed by atoms with Crippen LogP contribution in [0.25, 0.3) is 0 Å². The van der Waals surface area contributed by atoms with E-state index in [-0.39, 0.29) is 21.5 Å². The number of benzene rings is 2. The van der Waals surface area contributed by atoms with Crippen LogP contribution in [0.1, 0.15) is 22.0 Å². The summed E-state index contributed by atoms with van der Waals surface area (Å²) in [6, 6.07) is 14.1. The number of nitrogens with one attached hydrogen (secondary N) is 1. The number of sulfonamides is 1. The standard InChI is InChI=1S/C21H26ClN3O4S/c1-24(2)30(27,28)17-8-9-19(22)18(14-17)21(26)23-15-20(16-6-4-3-5-7-16)25-10-12-29-13-11-25/h3-9,14,20H,10-13,15H2,1-2H3,(H,23,26). The van der Waals surface area contributed by atoms with E-state index in [9.17, 15) is 13.2 Å². The third-order valence-electron chi connectivity index (χ3n) is 5.09. The van der Waals surface area contributed by atoms with E-state index >= 15 is 0 Å². The van der Waals surface area contributed by atoms with Gasteiger partial charge in [-0.05, 0) is 23.8 Å². The number of halogens is 1. The van der Waals surface area contributed by atoms with E-state index in [0.29, 0.717) is 19.8 Å². The molecule has 0 spiro atoms. The first-order valence-corrected chi connectivity index (χ1v) is 11.5. The third-order valence-corrected chi connectivity index (χ3v) is 7.23. The molecule has 1 heterocycles. The second-order valence-electron chi connectivity index (χ2n) is 7.21. The molecule has 162 valence electrons. The number of carbonyl (C=O) groups is 1. The zero-order chi connectivity index (χ0) is 21.7. The molecular formula is C21H26ClN3O4S. The summed E-state index contributed by atoms with van der Waals surface area (Å²) in [5.74, 6) is -0.412. The van der Waals surface area contributed by atoms with Gasteiger partial charge in [0.2, 0.25) is 10.0 Å². The number of morpholine rings is 1. The number of hydrogen-bond acceptors (Lipinski definition) is 5. The molecule has 30 heavy (non-hydrogen) atoms. The van der Waals surface area contributed by atoms with Gasteiger partial charge >= 0.3 is 0 Å². The molecule has 3 rings (SSSR count). The van der Waals surface area contributed by atoms with Crippen molar-refractivity contribution in [1.29, 1.82) is 0 Å². The van der Waals surface area contributed by atoms with Crippen molar-refractivity contribution in [3.8, 4) is 0 Å². The fraction of sp³-hybridized carbons (Fsp3) is 0.381. The molecule has 0 aromatic heterocycles. The average Bonchev–Trinajstić information content (AvgIpc) is 2.75. The van der Waals surface area contributed by atoms with E-state index in [1.807, 2.05) is 30.3 Å². The fourth-order valence-electron chi connectivity index (χ4n) is 3.36. The van der Waals surface area contributed by atoms with Crippen molar-refractivity contribution in [2.75, 3.05) is 46.9 Å². The van der Waals surface area contributed by atoms with Gasteiger partial charge in [0.05, 0.1) is 34.7 Å². The van der Waals surface area contributed by atoms with Crippen LogP contribution in [0.15, 0.2) is 53.4 Å². The lowest BCUT2D eigenvalue weighted by atomic mass is 10.0. The topological polar surface area (TPSA) is 79.0 Å². The second kappa shape index (κ2) is 9.89. The normalized spacial score (nSPS) is 16.4. The Labute approximate surface area is 182 Å². The molecule has 1 amide bonds. The summed E-state index contributed by atoms with van der Waals surface area (Å²) in [6.45, 7) is 3.20. The number of hydrogen-bond donors (Lipinski definition) is 1. The largest absolute Gasteiger partial charge is 0.379 e. The van der Waals surface area contributed by atoms with E-state index in [2.05, 4.69) is 10.2 Å². The summed E-state index contributed by atoms with van der Waals surface area (Å²) in [4.78, 5) is 15.2. The van der Waals surface area contributed by atoms with E-state index in [1.165, 1.54) is 32.3 Å². The van der Waals surface area contributed by atoms with Crippen molar-refractivity contribution in [2.24, 2.45) is 0 Å². The lowest BCUT2D eigenvalue weighted by molar-refractivity contribution is 0.0162. The predicted octanol–water partition coefficient (Wildman–Crippen LogP) is 2.39. The molecule has 2 aromatic carbocycles. The van der Waals surface area contributed by atoms with Gasteiger partial charge < -0.3 is 10.1 Å². The van der Waals surface area contributed by atoms with E-state index in [1.54, 1.807) is 0 Å². The van der Waals surface area contributed by atoms with Crippen LogP contribution in [0.5, 0.6) is 0 Å². The van der Waals surface area contributed by atoms with Gasteiger partial charge in [0.15, 0.2) is 0 Å². The molecule has 1 aliphatic rings. The molecule has 1 aliphatic heterocycles. The second-order valence-corrected chi connectivity index (χ2v) is 9.77. The summed E-state index contributed by atoms with van der Waals surface area (Å²) in [5.41, 5.74) is 1.23. The number of amides is 1. The first-order valence-electron chi connectivity index (χ1n) is 9.67. The van der Waals surface area contributed by atoms with Gasteiger partial charge in [-0.15, -0.1) is 0 Å². The van der Waals surface area contributed by atoms with Crippen LogP contribution < -0.4 is 5.32 Å². The number of nitrogens with zero attached hydrogens (tertiary/aromatic N) is 2. The van der Waals surface area contributed by atoms with E-state index in [0.717, 1.165) is 23.0 Å². The Bertz CT molecular complexity index is 977. The van der Waals surface area contributed by atoms with Crippen LogP contribution in [-0.2, 0) is 14.8 Å². The van der Waals surface area contributed by atoms with Gasteiger partial charge in [-0.2, -0.15) is 0 Å². The smallest absolute Gasteiger partial charge is 0.252 e. The van der Waals surface area contributed by atoms with E-state index < -0.39 is 15.9 Å². The van der Waals surface area contributed by atoms with Gasteiger partial charge in [-0.25, -0.2) is 12.7 Å². The van der Waals surface area contributed by atoms with Gasteiger partial charge in [0.25, 0.3) is 5.91 Å². The summed E-state index contributed by atoms with van der Waals surface area (Å²) >= 11 is 6.21. The minimum absolute atomic E-state index is 0.0217. The molecule has 2 aromatic rings. The Morgan fingerprint density at radius 2 is 1.83 bits per heavy atom. The van der Waals surface area contributed by atoms with Gasteiger partial charge in [-0.1, -0.05) is 41.9 Å². The van der Waals surface area contributed by atoms with Crippen molar-refractivity contribution in [1.82, 2.24) is 14.5 Å². The van der Waals surface area contributed by atoms with Crippen LogP contribution >= 0.6 is 11.6 Å². The molecule has 0 bridgehead atoms. The molecule has 1 unspecified atom stereocenters. The summed E-state index contributed by atoms with van der Waals surface area (Å²) in [5, 5.41) is 3.13. The highest BCUT2D eigenvalue weighted by Crippen LogP contribution is 2.24. The first kappa shape index (κ1) is 22.7. The van der Waals surface area contributed by atoms with Gasteiger partial charge in [0.1, 0.15) is 0 Å². The zero-order valence-electron chi connectivity index (χ0n) is 17.0. The van der Waals surface area contributed by atoms with Crippen LogP contribution in [0.4, 0.5) is 0 Å². The molecule has 0 aliphatic carbocycles.